The lowest BCUT2D eigenvalue weighted by atomic mass is 10.1. The van der Waals surface area contributed by atoms with E-state index >= 15 is 0 Å². The molecule has 0 saturated carbocycles. The van der Waals surface area contributed by atoms with Gasteiger partial charge in [0.1, 0.15) is 11.6 Å². The third-order valence-electron chi connectivity index (χ3n) is 2.88. The zero-order chi connectivity index (χ0) is 15.2. The summed E-state index contributed by atoms with van der Waals surface area (Å²) in [5.41, 5.74) is 1.15. The Morgan fingerprint density at radius 2 is 2.38 bits per heavy atom. The van der Waals surface area contributed by atoms with Crippen LogP contribution in [-0.2, 0) is 9.53 Å². The quantitative estimate of drug-likeness (QED) is 0.502. The number of halogens is 1. The fourth-order valence-electron chi connectivity index (χ4n) is 1.88. The monoisotopic (exact) mass is 306 g/mol. The van der Waals surface area contributed by atoms with E-state index in [0.29, 0.717) is 29.7 Å². The zero-order valence-corrected chi connectivity index (χ0v) is 12.3. The molecule has 0 spiro atoms. The number of aromatic nitrogens is 3. The van der Waals surface area contributed by atoms with E-state index in [1.165, 1.54) is 7.11 Å². The minimum atomic E-state index is -0.552. The summed E-state index contributed by atoms with van der Waals surface area (Å²) in [5, 5.41) is 3.12. The number of hydrogen-bond acceptors (Lipinski definition) is 6. The largest absolute Gasteiger partial charge is 0.467 e. The highest BCUT2D eigenvalue weighted by molar-refractivity contribution is 6.28. The summed E-state index contributed by atoms with van der Waals surface area (Å²) in [6.45, 7) is 3.65. The summed E-state index contributed by atoms with van der Waals surface area (Å²) in [4.78, 5) is 24.3. The topological polar surface area (TPSA) is 77.0 Å². The van der Waals surface area contributed by atoms with Crippen molar-refractivity contribution in [3.8, 4) is 0 Å². The van der Waals surface area contributed by atoms with Gasteiger partial charge in [0.2, 0.25) is 5.28 Å². The van der Waals surface area contributed by atoms with Crippen molar-refractivity contribution in [1.29, 1.82) is 0 Å². The maximum absolute atomic E-state index is 11.8. The third-order valence-corrected chi connectivity index (χ3v) is 3.05. The van der Waals surface area contributed by atoms with Gasteiger partial charge in [-0.3, -0.25) is 4.98 Å². The predicted molar refractivity (Wildman–Crippen MR) is 81.2 cm³/mol. The number of carbonyl (C=O) groups excluding carboxylic acids is 1. The first-order chi connectivity index (χ1) is 10.2. The number of pyridine rings is 1. The van der Waals surface area contributed by atoms with E-state index in [1.54, 1.807) is 24.4 Å². The number of anilines is 1. The van der Waals surface area contributed by atoms with Gasteiger partial charge in [-0.05, 0) is 36.6 Å². The first kappa shape index (κ1) is 15.2. The van der Waals surface area contributed by atoms with Gasteiger partial charge in [-0.25, -0.2) is 9.78 Å². The lowest BCUT2D eigenvalue weighted by molar-refractivity contribution is -0.141. The summed E-state index contributed by atoms with van der Waals surface area (Å²) >= 11 is 5.90. The maximum atomic E-state index is 11.8. The van der Waals surface area contributed by atoms with Crippen LogP contribution in [0, 0.1) is 0 Å². The van der Waals surface area contributed by atoms with Gasteiger partial charge in [-0.15, -0.1) is 6.58 Å². The smallest absolute Gasteiger partial charge is 0.328 e. The molecule has 21 heavy (non-hydrogen) atoms. The van der Waals surface area contributed by atoms with Crippen molar-refractivity contribution in [2.75, 3.05) is 12.4 Å². The van der Waals surface area contributed by atoms with Crippen LogP contribution in [0.3, 0.4) is 0 Å². The van der Waals surface area contributed by atoms with Crippen LogP contribution in [0.15, 0.2) is 31.0 Å². The number of nitrogens with one attached hydrogen (secondary N) is 1. The molecule has 0 aliphatic heterocycles. The highest BCUT2D eigenvalue weighted by atomic mass is 35.5. The molecule has 2 rings (SSSR count). The molecule has 1 N–H and O–H groups in total. The van der Waals surface area contributed by atoms with Crippen LogP contribution >= 0.6 is 11.6 Å². The zero-order valence-electron chi connectivity index (χ0n) is 11.5. The van der Waals surface area contributed by atoms with E-state index in [-0.39, 0.29) is 11.3 Å². The Morgan fingerprint density at radius 1 is 1.57 bits per heavy atom. The van der Waals surface area contributed by atoms with Gasteiger partial charge in [0.25, 0.3) is 0 Å². The van der Waals surface area contributed by atoms with Crippen molar-refractivity contribution < 1.29 is 9.53 Å². The second kappa shape index (κ2) is 6.99. The minimum absolute atomic E-state index is 0.0883. The maximum Gasteiger partial charge on any atom is 0.328 e. The first-order valence-corrected chi connectivity index (χ1v) is 6.77. The van der Waals surface area contributed by atoms with Crippen molar-refractivity contribution in [2.24, 2.45) is 0 Å². The highest BCUT2D eigenvalue weighted by Crippen LogP contribution is 2.21. The lowest BCUT2D eigenvalue weighted by Crippen LogP contribution is -2.31. The molecular weight excluding hydrogens is 292 g/mol. The molecule has 2 aromatic rings. The Kier molecular flexibility index (Phi) is 5.05. The number of allylic oxidation sites excluding steroid dienone is 1. The van der Waals surface area contributed by atoms with Crippen molar-refractivity contribution >= 4 is 34.4 Å². The Labute approximate surface area is 127 Å². The molecule has 0 bridgehead atoms. The minimum Gasteiger partial charge on any atom is -0.467 e. The van der Waals surface area contributed by atoms with Crippen LogP contribution in [0.25, 0.3) is 11.0 Å². The van der Waals surface area contributed by atoms with Gasteiger partial charge in [-0.2, -0.15) is 4.98 Å². The third kappa shape index (κ3) is 3.66. The van der Waals surface area contributed by atoms with Crippen molar-refractivity contribution in [3.63, 3.8) is 0 Å². The van der Waals surface area contributed by atoms with E-state index in [0.717, 1.165) is 0 Å². The van der Waals surface area contributed by atoms with Crippen molar-refractivity contribution in [3.05, 3.63) is 36.3 Å². The molecule has 0 aromatic carbocycles. The van der Waals surface area contributed by atoms with Crippen LogP contribution in [0.5, 0.6) is 0 Å². The van der Waals surface area contributed by atoms with Crippen LogP contribution in [0.4, 0.5) is 5.82 Å². The molecule has 0 radical (unpaired) electrons. The van der Waals surface area contributed by atoms with E-state index < -0.39 is 6.04 Å². The highest BCUT2D eigenvalue weighted by Gasteiger charge is 2.20. The van der Waals surface area contributed by atoms with Gasteiger partial charge < -0.3 is 10.1 Å². The summed E-state index contributed by atoms with van der Waals surface area (Å²) in [7, 11) is 1.34. The van der Waals surface area contributed by atoms with Gasteiger partial charge >= 0.3 is 5.97 Å². The molecule has 1 atom stereocenters. The number of fused-ring (bicyclic) bond motifs is 1. The normalized spacial score (nSPS) is 11.9. The second-order valence-electron chi connectivity index (χ2n) is 4.30. The van der Waals surface area contributed by atoms with Gasteiger partial charge in [0.05, 0.1) is 12.6 Å². The molecule has 0 saturated heterocycles. The molecule has 0 aliphatic rings. The number of ether oxygens (including phenoxy) is 1. The number of rotatable bonds is 6. The molecule has 6 nitrogen and oxygen atoms in total. The average Bonchev–Trinajstić information content (AvgIpc) is 2.50. The summed E-state index contributed by atoms with van der Waals surface area (Å²) in [5.74, 6) is 0.0285. The van der Waals surface area contributed by atoms with Crippen LogP contribution in [-0.4, -0.2) is 34.1 Å². The van der Waals surface area contributed by atoms with Crippen molar-refractivity contribution in [2.45, 2.75) is 18.9 Å². The number of esters is 1. The molecule has 110 valence electrons. The number of hydrogen-bond donors (Lipinski definition) is 1. The van der Waals surface area contributed by atoms with E-state index in [9.17, 15) is 4.79 Å². The Morgan fingerprint density at radius 3 is 3.10 bits per heavy atom. The summed E-state index contributed by atoms with van der Waals surface area (Å²) in [6, 6.07) is 2.98. The predicted octanol–water partition coefficient (Wildman–Crippen LogP) is 2.60. The molecule has 7 heteroatoms. The average molecular weight is 307 g/mol. The molecule has 2 heterocycles. The van der Waals surface area contributed by atoms with Gasteiger partial charge in [0.15, 0.2) is 5.82 Å². The summed E-state index contributed by atoms with van der Waals surface area (Å²) in [6.07, 6.45) is 4.56. The number of nitrogens with zero attached hydrogens (tertiary/aromatic N) is 3. The van der Waals surface area contributed by atoms with Crippen LogP contribution in [0.1, 0.15) is 12.8 Å². The summed E-state index contributed by atoms with van der Waals surface area (Å²) < 4.78 is 4.79. The molecular formula is C14H15ClN4O2. The van der Waals surface area contributed by atoms with Crippen LogP contribution in [0.2, 0.25) is 5.28 Å². The fourth-order valence-corrected chi connectivity index (χ4v) is 2.06. The molecule has 0 aliphatic carbocycles. The molecule has 0 amide bonds. The SMILES string of the molecule is C=CCCC(Nc1nc(Cl)nc2cccnc12)C(=O)OC. The number of carbonyl (C=O) groups is 1. The van der Waals surface area contributed by atoms with Crippen molar-refractivity contribution in [1.82, 2.24) is 15.0 Å². The number of methoxy groups -OCH3 is 1. The molecule has 1 unspecified atom stereocenters. The Bertz CT molecular complexity index is 662. The Balaban J connectivity index is 2.35. The first-order valence-electron chi connectivity index (χ1n) is 6.39. The van der Waals surface area contributed by atoms with Gasteiger partial charge in [-0.1, -0.05) is 6.08 Å². The standard InChI is InChI=1S/C14H15ClN4O2/c1-3-4-6-10(13(20)21-2)17-12-11-9(7-5-8-16-11)18-14(15)19-12/h3,5,7-8,10H,1,4,6H2,2H3,(H,17,18,19). The fraction of sp³-hybridized carbons (Fsp3) is 0.286. The Hall–Kier alpha value is -2.21. The van der Waals surface area contributed by atoms with E-state index in [2.05, 4.69) is 26.8 Å². The van der Waals surface area contributed by atoms with Gasteiger partial charge in [0, 0.05) is 6.20 Å². The van der Waals surface area contributed by atoms with Crippen LogP contribution < -0.4 is 5.32 Å². The van der Waals surface area contributed by atoms with E-state index in [4.69, 9.17) is 16.3 Å². The van der Waals surface area contributed by atoms with E-state index in [1.807, 2.05) is 0 Å². The molecule has 0 fully saturated rings. The lowest BCUT2D eigenvalue weighted by Gasteiger charge is -2.17. The molecule has 2 aromatic heterocycles. The second-order valence-corrected chi connectivity index (χ2v) is 4.64.